The highest BCUT2D eigenvalue weighted by Gasteiger charge is 2.43. The molecular weight excluding hydrogens is 624 g/mol. The third-order valence-corrected chi connectivity index (χ3v) is 11.1. The average molecular weight is 653 g/mol. The summed E-state index contributed by atoms with van der Waals surface area (Å²) in [7, 11) is -8.10. The Morgan fingerprint density at radius 3 is 2.05 bits per heavy atom. The minimum Gasteiger partial charge on any atom is -0.489 e. The van der Waals surface area contributed by atoms with Crippen LogP contribution in [0.3, 0.4) is 0 Å². The van der Waals surface area contributed by atoms with Gasteiger partial charge in [0.2, 0.25) is 20.0 Å². The van der Waals surface area contributed by atoms with Crippen molar-refractivity contribution >= 4 is 43.8 Å². The first-order chi connectivity index (χ1) is 21.2. The van der Waals surface area contributed by atoms with Gasteiger partial charge in [0, 0.05) is 30.2 Å². The van der Waals surface area contributed by atoms with E-state index < -0.39 is 32.0 Å². The van der Waals surface area contributed by atoms with Gasteiger partial charge in [-0.15, -0.1) is 0 Å². The van der Waals surface area contributed by atoms with E-state index in [9.17, 15) is 21.6 Å². The Labute approximate surface area is 261 Å². The molecule has 0 bridgehead atoms. The molecule has 1 aliphatic heterocycles. The Bertz CT molecular complexity index is 1840. The summed E-state index contributed by atoms with van der Waals surface area (Å²) < 4.78 is 61.7. The molecule has 0 unspecified atom stereocenters. The number of sulfonamides is 2. The predicted molar refractivity (Wildman–Crippen MR) is 167 cm³/mol. The van der Waals surface area contributed by atoms with Crippen LogP contribution in [0.4, 0.5) is 0 Å². The molecule has 1 fully saturated rings. The summed E-state index contributed by atoms with van der Waals surface area (Å²) in [4.78, 5) is 13.5. The molecular formula is C31H29ClN4O6S2. The minimum atomic E-state index is -4.12. The number of rotatable bonds is 10. The second kappa shape index (κ2) is 13.7. The summed E-state index contributed by atoms with van der Waals surface area (Å²) in [6, 6.07) is 28.4. The van der Waals surface area contributed by atoms with Crippen molar-refractivity contribution in [2.45, 2.75) is 22.4 Å². The summed E-state index contributed by atoms with van der Waals surface area (Å²) >= 11 is 6.18. The van der Waals surface area contributed by atoms with Gasteiger partial charge in [0.1, 0.15) is 18.4 Å². The zero-order chi connectivity index (χ0) is 31.2. The fraction of sp³-hybridized carbons (Fsp3) is 0.161. The van der Waals surface area contributed by atoms with Gasteiger partial charge in [-0.3, -0.25) is 4.79 Å². The Kier molecular flexibility index (Phi) is 9.77. The van der Waals surface area contributed by atoms with E-state index in [-0.39, 0.29) is 29.4 Å². The van der Waals surface area contributed by atoms with Crippen molar-refractivity contribution in [3.63, 3.8) is 0 Å². The lowest BCUT2D eigenvalue weighted by atomic mass is 10.2. The summed E-state index contributed by atoms with van der Waals surface area (Å²) in [5.74, 6) is -0.164. The number of nitrogens with one attached hydrogen (secondary N) is 1. The summed E-state index contributed by atoms with van der Waals surface area (Å²) in [5, 5.41) is 4.63. The fourth-order valence-electron chi connectivity index (χ4n) is 4.60. The molecule has 44 heavy (non-hydrogen) atoms. The molecule has 1 amide bonds. The number of benzene rings is 4. The van der Waals surface area contributed by atoms with Gasteiger partial charge in [-0.1, -0.05) is 66.2 Å². The van der Waals surface area contributed by atoms with Gasteiger partial charge in [0.25, 0.3) is 5.91 Å². The van der Waals surface area contributed by atoms with E-state index in [4.69, 9.17) is 16.3 Å². The van der Waals surface area contributed by atoms with Gasteiger partial charge in [0.15, 0.2) is 0 Å². The Balaban J connectivity index is 1.30. The van der Waals surface area contributed by atoms with Crippen molar-refractivity contribution in [2.24, 2.45) is 5.10 Å². The van der Waals surface area contributed by atoms with E-state index in [1.54, 1.807) is 66.7 Å². The molecule has 0 spiro atoms. The molecule has 1 aliphatic rings. The van der Waals surface area contributed by atoms with Gasteiger partial charge in [-0.2, -0.15) is 13.7 Å². The van der Waals surface area contributed by atoms with E-state index >= 15 is 0 Å². The van der Waals surface area contributed by atoms with Crippen molar-refractivity contribution in [1.29, 1.82) is 0 Å². The topological polar surface area (TPSA) is 125 Å². The lowest BCUT2D eigenvalue weighted by Gasteiger charge is -2.38. The molecule has 1 heterocycles. The van der Waals surface area contributed by atoms with E-state index in [1.807, 2.05) is 18.2 Å². The molecule has 4 aromatic carbocycles. The largest absolute Gasteiger partial charge is 0.489 e. The highest BCUT2D eigenvalue weighted by atomic mass is 35.5. The van der Waals surface area contributed by atoms with Crippen LogP contribution in [-0.4, -0.2) is 63.2 Å². The number of amides is 1. The molecule has 0 aromatic heterocycles. The Morgan fingerprint density at radius 1 is 0.818 bits per heavy atom. The van der Waals surface area contributed by atoms with Crippen LogP contribution in [0.15, 0.2) is 124 Å². The summed E-state index contributed by atoms with van der Waals surface area (Å²) in [6.07, 6.45) is 1.40. The monoisotopic (exact) mass is 652 g/mol. The van der Waals surface area contributed by atoms with Crippen molar-refractivity contribution in [2.75, 3.05) is 19.6 Å². The van der Waals surface area contributed by atoms with E-state index in [0.717, 1.165) is 14.2 Å². The number of hydrazone groups is 1. The van der Waals surface area contributed by atoms with Crippen LogP contribution in [0.2, 0.25) is 5.02 Å². The van der Waals surface area contributed by atoms with Gasteiger partial charge in [0.05, 0.1) is 16.0 Å². The highest BCUT2D eigenvalue weighted by Crippen LogP contribution is 2.25. The maximum absolute atomic E-state index is 13.5. The first-order valence-corrected chi connectivity index (χ1v) is 16.8. The molecule has 4 aromatic rings. The second-order valence-electron chi connectivity index (χ2n) is 9.80. The lowest BCUT2D eigenvalue weighted by Crippen LogP contribution is -2.60. The maximum Gasteiger partial charge on any atom is 0.259 e. The number of piperazine rings is 1. The van der Waals surface area contributed by atoms with Crippen molar-refractivity contribution < 1.29 is 26.4 Å². The zero-order valence-corrected chi connectivity index (χ0v) is 25.7. The van der Waals surface area contributed by atoms with Gasteiger partial charge in [-0.25, -0.2) is 22.3 Å². The van der Waals surface area contributed by atoms with Gasteiger partial charge < -0.3 is 4.74 Å². The number of hydrogen-bond acceptors (Lipinski definition) is 7. The number of carbonyl (C=O) groups is 1. The smallest absolute Gasteiger partial charge is 0.259 e. The fourth-order valence-corrected chi connectivity index (χ4v) is 7.84. The molecule has 1 N–H and O–H groups in total. The highest BCUT2D eigenvalue weighted by molar-refractivity contribution is 7.89. The number of halogens is 1. The van der Waals surface area contributed by atoms with Crippen LogP contribution in [-0.2, 0) is 31.4 Å². The quantitative estimate of drug-likeness (QED) is 0.203. The number of nitrogens with zero attached hydrogens (tertiary/aromatic N) is 3. The maximum atomic E-state index is 13.5. The van der Waals surface area contributed by atoms with Crippen LogP contribution >= 0.6 is 11.6 Å². The van der Waals surface area contributed by atoms with E-state index in [0.29, 0.717) is 22.9 Å². The first kappa shape index (κ1) is 31.4. The molecule has 0 aliphatic carbocycles. The van der Waals surface area contributed by atoms with Crippen LogP contribution in [0.1, 0.15) is 11.1 Å². The van der Waals surface area contributed by atoms with Crippen LogP contribution in [0, 0.1) is 0 Å². The average Bonchev–Trinajstić information content (AvgIpc) is 3.05. The number of carbonyl (C=O) groups excluding carboxylic acids is 1. The Hall–Kier alpha value is -4.07. The third kappa shape index (κ3) is 7.17. The molecule has 0 radical (unpaired) electrons. The standard InChI is InChI=1S/C31H29ClN4O6S2/c32-29-14-8-7-9-25(29)23-42-26-17-15-24(16-18-26)21-33-34-31(37)30-22-35(43(38,39)27-10-3-1-4-11-27)19-20-36(30)44(40,41)28-12-5-2-6-13-28/h1-18,21,30H,19-20,22-23H2,(H,34,37)/b33-21-/t30-/m0/s1. The van der Waals surface area contributed by atoms with Crippen LogP contribution < -0.4 is 10.2 Å². The minimum absolute atomic E-state index is 0.00230. The molecule has 5 rings (SSSR count). The zero-order valence-electron chi connectivity index (χ0n) is 23.4. The normalized spacial score (nSPS) is 16.5. The van der Waals surface area contributed by atoms with Crippen molar-refractivity contribution in [1.82, 2.24) is 14.0 Å². The molecule has 1 atom stereocenters. The third-order valence-electron chi connectivity index (χ3n) is 6.95. The van der Waals surface area contributed by atoms with Crippen molar-refractivity contribution in [3.05, 3.63) is 125 Å². The number of ether oxygens (including phenoxy) is 1. The second-order valence-corrected chi connectivity index (χ2v) is 14.0. The SMILES string of the molecule is O=C(N/N=C\c1ccc(OCc2ccccc2Cl)cc1)[C@@H]1CN(S(=O)(=O)c2ccccc2)CCN1S(=O)(=O)c1ccccc1. The van der Waals surface area contributed by atoms with E-state index in [2.05, 4.69) is 10.5 Å². The van der Waals surface area contributed by atoms with E-state index in [1.165, 1.54) is 30.5 Å². The predicted octanol–water partition coefficient (Wildman–Crippen LogP) is 4.13. The molecule has 1 saturated heterocycles. The first-order valence-electron chi connectivity index (χ1n) is 13.6. The molecule has 13 heteroatoms. The molecule has 0 saturated carbocycles. The molecule has 228 valence electrons. The van der Waals surface area contributed by atoms with Gasteiger partial charge in [-0.05, 0) is 60.2 Å². The lowest BCUT2D eigenvalue weighted by molar-refractivity contribution is -0.125. The molecule has 10 nitrogen and oxygen atoms in total. The van der Waals surface area contributed by atoms with Crippen molar-refractivity contribution in [3.8, 4) is 5.75 Å². The summed E-state index contributed by atoms with van der Waals surface area (Å²) in [6.45, 7) is -0.436. The van der Waals surface area contributed by atoms with Gasteiger partial charge >= 0.3 is 0 Å². The number of hydrogen-bond donors (Lipinski definition) is 1. The van der Waals surface area contributed by atoms with Crippen LogP contribution in [0.5, 0.6) is 5.75 Å². The van der Waals surface area contributed by atoms with Crippen LogP contribution in [0.25, 0.3) is 0 Å². The summed E-state index contributed by atoms with van der Waals surface area (Å²) in [5.41, 5.74) is 3.88. The Morgan fingerprint density at radius 2 is 1.41 bits per heavy atom.